The summed E-state index contributed by atoms with van der Waals surface area (Å²) >= 11 is 12.1. The van der Waals surface area contributed by atoms with Gasteiger partial charge in [-0.1, -0.05) is 29.3 Å². The molecule has 0 aliphatic rings. The number of hydrogen-bond acceptors (Lipinski definition) is 2. The number of nitrogens with zero attached hydrogens (tertiary/aromatic N) is 2. The van der Waals surface area contributed by atoms with E-state index in [2.05, 4.69) is 5.10 Å². The molecule has 0 amide bonds. The van der Waals surface area contributed by atoms with Gasteiger partial charge in [-0.15, -0.1) is 0 Å². The van der Waals surface area contributed by atoms with Crippen molar-refractivity contribution in [1.82, 2.24) is 9.78 Å². The van der Waals surface area contributed by atoms with Gasteiger partial charge < -0.3 is 5.11 Å². The van der Waals surface area contributed by atoms with Crippen LogP contribution < -0.4 is 0 Å². The average molecular weight is 297 g/mol. The highest BCUT2D eigenvalue weighted by Gasteiger charge is 2.11. The van der Waals surface area contributed by atoms with Gasteiger partial charge in [-0.3, -0.25) is 0 Å². The molecule has 1 heterocycles. The zero-order valence-electron chi connectivity index (χ0n) is 9.97. The summed E-state index contributed by atoms with van der Waals surface area (Å²) in [5, 5.41) is 13.7. The number of benzene rings is 1. The molecule has 98 valence electrons. The van der Waals surface area contributed by atoms with Gasteiger partial charge in [0, 0.05) is 17.3 Å². The number of aromatic nitrogens is 2. The van der Waals surface area contributed by atoms with Crippen LogP contribution in [0.15, 0.2) is 30.5 Å². The van der Waals surface area contributed by atoms with Crippen LogP contribution in [0, 0.1) is 6.92 Å². The largest absolute Gasteiger partial charge is 0.478 e. The van der Waals surface area contributed by atoms with Gasteiger partial charge in [0.2, 0.25) is 0 Å². The van der Waals surface area contributed by atoms with Crippen molar-refractivity contribution in [3.8, 4) is 5.69 Å². The van der Waals surface area contributed by atoms with E-state index in [9.17, 15) is 4.79 Å². The quantitative estimate of drug-likeness (QED) is 0.881. The van der Waals surface area contributed by atoms with Crippen LogP contribution in [0.1, 0.15) is 11.3 Å². The second-order valence-electron chi connectivity index (χ2n) is 3.84. The second kappa shape index (κ2) is 5.47. The van der Waals surface area contributed by atoms with E-state index in [0.717, 1.165) is 11.8 Å². The predicted octanol–water partition coefficient (Wildman–Crippen LogP) is 3.59. The Morgan fingerprint density at radius 2 is 2.16 bits per heavy atom. The van der Waals surface area contributed by atoms with Gasteiger partial charge in [0.05, 0.1) is 21.9 Å². The summed E-state index contributed by atoms with van der Waals surface area (Å²) in [6, 6.07) is 5.26. The Morgan fingerprint density at radius 3 is 2.84 bits per heavy atom. The van der Waals surface area contributed by atoms with E-state index < -0.39 is 5.97 Å². The zero-order chi connectivity index (χ0) is 14.0. The molecule has 0 aliphatic carbocycles. The average Bonchev–Trinajstić information content (AvgIpc) is 2.72. The fourth-order valence-corrected chi connectivity index (χ4v) is 2.02. The molecule has 0 fully saturated rings. The normalized spacial score (nSPS) is 11.1. The first kappa shape index (κ1) is 13.6. The fraction of sp³-hybridized carbons (Fsp3) is 0.0769. The van der Waals surface area contributed by atoms with E-state index >= 15 is 0 Å². The van der Waals surface area contributed by atoms with E-state index in [1.54, 1.807) is 29.1 Å². The van der Waals surface area contributed by atoms with Crippen LogP contribution in [0.2, 0.25) is 10.0 Å². The number of aliphatic carboxylic acids is 1. The highest BCUT2D eigenvalue weighted by molar-refractivity contribution is 6.43. The lowest BCUT2D eigenvalue weighted by atomic mass is 10.2. The van der Waals surface area contributed by atoms with Gasteiger partial charge in [0.25, 0.3) is 0 Å². The molecule has 0 aliphatic heterocycles. The number of carboxylic acid groups (broad SMARTS) is 1. The molecule has 1 aromatic heterocycles. The Hall–Kier alpha value is -1.78. The van der Waals surface area contributed by atoms with Gasteiger partial charge in [-0.25, -0.2) is 9.48 Å². The molecule has 2 aromatic rings. The van der Waals surface area contributed by atoms with Crippen LogP contribution in [0.4, 0.5) is 0 Å². The second-order valence-corrected chi connectivity index (χ2v) is 4.63. The van der Waals surface area contributed by atoms with Gasteiger partial charge in [-0.05, 0) is 25.1 Å². The predicted molar refractivity (Wildman–Crippen MR) is 75.0 cm³/mol. The molecule has 1 aromatic carbocycles. The molecule has 6 heteroatoms. The minimum Gasteiger partial charge on any atom is -0.478 e. The summed E-state index contributed by atoms with van der Waals surface area (Å²) in [6.45, 7) is 1.83. The Bertz CT molecular complexity index is 663. The lowest BCUT2D eigenvalue weighted by molar-refractivity contribution is -0.131. The number of rotatable bonds is 3. The van der Waals surface area contributed by atoms with E-state index in [4.69, 9.17) is 28.3 Å². The Labute approximate surface area is 119 Å². The summed E-state index contributed by atoms with van der Waals surface area (Å²) in [6.07, 6.45) is 4.12. The van der Waals surface area contributed by atoms with Gasteiger partial charge >= 0.3 is 5.97 Å². The molecule has 0 atom stereocenters. The smallest absolute Gasteiger partial charge is 0.328 e. The molecule has 1 N–H and O–H groups in total. The molecule has 0 radical (unpaired) electrons. The first-order valence-corrected chi connectivity index (χ1v) is 6.16. The number of carbonyl (C=O) groups is 1. The van der Waals surface area contributed by atoms with Crippen LogP contribution in [0.3, 0.4) is 0 Å². The topological polar surface area (TPSA) is 55.1 Å². The molecule has 4 nitrogen and oxygen atoms in total. The van der Waals surface area contributed by atoms with Crippen LogP contribution in [-0.2, 0) is 4.79 Å². The molecule has 0 saturated heterocycles. The van der Waals surface area contributed by atoms with Crippen molar-refractivity contribution < 1.29 is 9.90 Å². The van der Waals surface area contributed by atoms with Crippen LogP contribution in [0.25, 0.3) is 11.8 Å². The maximum Gasteiger partial charge on any atom is 0.328 e. The first-order valence-electron chi connectivity index (χ1n) is 5.40. The summed E-state index contributed by atoms with van der Waals surface area (Å²) in [4.78, 5) is 10.5. The van der Waals surface area contributed by atoms with Crippen molar-refractivity contribution in [1.29, 1.82) is 0 Å². The minimum atomic E-state index is -1.01. The van der Waals surface area contributed by atoms with E-state index in [1.165, 1.54) is 6.08 Å². The standard InChI is InChI=1S/C13H10Cl2N2O2/c1-8-9(5-6-12(18)19)7-16-17(8)11-4-2-3-10(14)13(11)15/h2-7H,1H3,(H,18,19)/b6-5+. The molecule has 0 bridgehead atoms. The molecular weight excluding hydrogens is 287 g/mol. The van der Waals surface area contributed by atoms with Crippen LogP contribution in [-0.4, -0.2) is 20.9 Å². The van der Waals surface area contributed by atoms with E-state index in [-0.39, 0.29) is 0 Å². The lowest BCUT2D eigenvalue weighted by Crippen LogP contribution is -2.00. The third-order valence-corrected chi connectivity index (χ3v) is 3.42. The highest BCUT2D eigenvalue weighted by atomic mass is 35.5. The maximum absolute atomic E-state index is 10.5. The van der Waals surface area contributed by atoms with Gasteiger partial charge in [0.15, 0.2) is 0 Å². The number of halogens is 2. The first-order chi connectivity index (χ1) is 9.00. The third kappa shape index (κ3) is 2.80. The monoisotopic (exact) mass is 296 g/mol. The molecule has 0 saturated carbocycles. The lowest BCUT2D eigenvalue weighted by Gasteiger charge is -2.07. The SMILES string of the molecule is Cc1c(/C=C/C(=O)O)cnn1-c1cccc(Cl)c1Cl. The molecule has 0 spiro atoms. The van der Waals surface area contributed by atoms with Gasteiger partial charge in [0.1, 0.15) is 0 Å². The number of hydrogen-bond donors (Lipinski definition) is 1. The summed E-state index contributed by atoms with van der Waals surface area (Å²) in [5.41, 5.74) is 2.14. The van der Waals surface area contributed by atoms with Crippen LogP contribution in [0.5, 0.6) is 0 Å². The maximum atomic E-state index is 10.5. The minimum absolute atomic E-state index is 0.407. The number of carboxylic acids is 1. The van der Waals surface area contributed by atoms with Crippen LogP contribution >= 0.6 is 23.2 Å². The van der Waals surface area contributed by atoms with Crippen molar-refractivity contribution in [3.63, 3.8) is 0 Å². The third-order valence-electron chi connectivity index (χ3n) is 2.61. The van der Waals surface area contributed by atoms with Crippen molar-refractivity contribution in [2.45, 2.75) is 6.92 Å². The summed E-state index contributed by atoms with van der Waals surface area (Å²) < 4.78 is 1.62. The van der Waals surface area contributed by atoms with Crippen molar-refractivity contribution >= 4 is 35.2 Å². The van der Waals surface area contributed by atoms with E-state index in [0.29, 0.717) is 21.3 Å². The molecule has 19 heavy (non-hydrogen) atoms. The van der Waals surface area contributed by atoms with Gasteiger partial charge in [-0.2, -0.15) is 5.10 Å². The molecular formula is C13H10Cl2N2O2. The summed E-state index contributed by atoms with van der Waals surface area (Å²) in [5.74, 6) is -1.01. The summed E-state index contributed by atoms with van der Waals surface area (Å²) in [7, 11) is 0. The Kier molecular flexibility index (Phi) is 3.93. The highest BCUT2D eigenvalue weighted by Crippen LogP contribution is 2.29. The Balaban J connectivity index is 2.47. The Morgan fingerprint density at radius 1 is 1.42 bits per heavy atom. The molecule has 0 unspecified atom stereocenters. The van der Waals surface area contributed by atoms with E-state index in [1.807, 2.05) is 6.92 Å². The van der Waals surface area contributed by atoms with Crippen molar-refractivity contribution in [2.24, 2.45) is 0 Å². The molecule has 2 rings (SSSR count). The van der Waals surface area contributed by atoms with Crippen molar-refractivity contribution in [3.05, 3.63) is 51.8 Å². The zero-order valence-corrected chi connectivity index (χ0v) is 11.5. The fourth-order valence-electron chi connectivity index (χ4n) is 1.65. The van der Waals surface area contributed by atoms with Crippen molar-refractivity contribution in [2.75, 3.05) is 0 Å².